The van der Waals surface area contributed by atoms with Gasteiger partial charge < -0.3 is 5.73 Å². The molecule has 5 nitrogen and oxygen atoms in total. The van der Waals surface area contributed by atoms with Gasteiger partial charge in [-0.1, -0.05) is 20.3 Å². The minimum atomic E-state index is 0.241. The molecule has 0 fully saturated rings. The molecule has 1 aromatic heterocycles. The van der Waals surface area contributed by atoms with E-state index in [-0.39, 0.29) is 5.78 Å². The van der Waals surface area contributed by atoms with E-state index in [0.29, 0.717) is 25.3 Å². The molecule has 0 bridgehead atoms. The number of nitrogens with zero attached hydrogens (tertiary/aromatic N) is 3. The minimum absolute atomic E-state index is 0.241. The molecule has 0 aliphatic heterocycles. The first-order chi connectivity index (χ1) is 8.63. The summed E-state index contributed by atoms with van der Waals surface area (Å²) in [4.78, 5) is 16.0. The molecule has 0 aliphatic rings. The van der Waals surface area contributed by atoms with E-state index in [0.717, 1.165) is 31.6 Å². The summed E-state index contributed by atoms with van der Waals surface area (Å²) in [6, 6.07) is 0. The number of Topliss-reactive ketones (excluding diaryl/α,β-unsaturated/α-hetero) is 1. The Morgan fingerprint density at radius 3 is 2.83 bits per heavy atom. The van der Waals surface area contributed by atoms with Gasteiger partial charge in [-0.25, -0.2) is 9.67 Å². The fraction of sp³-hybridized carbons (Fsp3) is 0.769. The second kappa shape index (κ2) is 7.97. The van der Waals surface area contributed by atoms with Gasteiger partial charge in [-0.05, 0) is 25.3 Å². The van der Waals surface area contributed by atoms with Crippen molar-refractivity contribution in [3.05, 3.63) is 12.2 Å². The van der Waals surface area contributed by atoms with Crippen LogP contribution in [0.4, 0.5) is 0 Å². The van der Waals surface area contributed by atoms with Gasteiger partial charge in [0, 0.05) is 13.0 Å². The first-order valence-electron chi connectivity index (χ1n) is 6.72. The van der Waals surface area contributed by atoms with Crippen molar-refractivity contribution in [1.82, 2.24) is 14.8 Å². The fourth-order valence-corrected chi connectivity index (χ4v) is 1.83. The van der Waals surface area contributed by atoms with E-state index in [4.69, 9.17) is 5.73 Å². The number of rotatable bonds is 9. The maximum absolute atomic E-state index is 11.8. The summed E-state index contributed by atoms with van der Waals surface area (Å²) < 4.78 is 1.84. The molecule has 0 aromatic carbocycles. The second-order valence-electron chi connectivity index (χ2n) is 5.07. The summed E-state index contributed by atoms with van der Waals surface area (Å²) in [7, 11) is 0. The summed E-state index contributed by atoms with van der Waals surface area (Å²) in [6.45, 7) is 5.77. The van der Waals surface area contributed by atoms with Gasteiger partial charge in [-0.2, -0.15) is 5.10 Å². The van der Waals surface area contributed by atoms with Crippen LogP contribution < -0.4 is 5.73 Å². The van der Waals surface area contributed by atoms with E-state index < -0.39 is 0 Å². The van der Waals surface area contributed by atoms with E-state index in [1.165, 1.54) is 6.33 Å². The molecule has 1 rings (SSSR count). The number of unbranched alkanes of at least 4 members (excludes halogenated alkanes) is 2. The molecule has 0 atom stereocenters. The Bertz CT molecular complexity index is 360. The lowest BCUT2D eigenvalue weighted by molar-refractivity contribution is -0.118. The number of hydrogen-bond donors (Lipinski definition) is 1. The monoisotopic (exact) mass is 252 g/mol. The van der Waals surface area contributed by atoms with Crippen molar-refractivity contribution in [1.29, 1.82) is 0 Å². The zero-order valence-electron chi connectivity index (χ0n) is 11.4. The van der Waals surface area contributed by atoms with Crippen LogP contribution in [0.5, 0.6) is 0 Å². The lowest BCUT2D eigenvalue weighted by atomic mass is 10.1. The Morgan fingerprint density at radius 2 is 2.17 bits per heavy atom. The van der Waals surface area contributed by atoms with E-state index in [1.807, 2.05) is 4.68 Å². The molecule has 0 spiro atoms. The molecule has 0 amide bonds. The molecule has 18 heavy (non-hydrogen) atoms. The largest absolute Gasteiger partial charge is 0.330 e. The topological polar surface area (TPSA) is 73.8 Å². The van der Waals surface area contributed by atoms with Crippen molar-refractivity contribution in [2.45, 2.75) is 52.5 Å². The Labute approximate surface area is 109 Å². The lowest BCUT2D eigenvalue weighted by Crippen LogP contribution is -2.14. The molecule has 1 heterocycles. The molecule has 102 valence electrons. The average Bonchev–Trinajstić information content (AvgIpc) is 2.71. The zero-order chi connectivity index (χ0) is 13.4. The standard InChI is InChI=1S/C13H24N4O/c1-11(2)9-17-13(15-10-16-17)8-12(18)6-4-3-5-7-14/h10-11H,3-9,14H2,1-2H3. The number of nitrogens with two attached hydrogens (primary N) is 1. The van der Waals surface area contributed by atoms with Crippen molar-refractivity contribution < 1.29 is 4.79 Å². The third-order valence-electron chi connectivity index (χ3n) is 2.75. The molecule has 0 saturated carbocycles. The van der Waals surface area contributed by atoms with Crippen molar-refractivity contribution >= 4 is 5.78 Å². The minimum Gasteiger partial charge on any atom is -0.330 e. The highest BCUT2D eigenvalue weighted by atomic mass is 16.1. The first-order valence-corrected chi connectivity index (χ1v) is 6.72. The van der Waals surface area contributed by atoms with Gasteiger partial charge in [-0.15, -0.1) is 0 Å². The molecule has 5 heteroatoms. The summed E-state index contributed by atoms with van der Waals surface area (Å²) >= 11 is 0. The molecule has 0 unspecified atom stereocenters. The van der Waals surface area contributed by atoms with Gasteiger partial charge in [-0.3, -0.25) is 4.79 Å². The molecule has 2 N–H and O–H groups in total. The number of aromatic nitrogens is 3. The fourth-order valence-electron chi connectivity index (χ4n) is 1.83. The summed E-state index contributed by atoms with van der Waals surface area (Å²) in [5.41, 5.74) is 5.41. The van der Waals surface area contributed by atoms with Crippen LogP contribution in [0.1, 0.15) is 45.4 Å². The van der Waals surface area contributed by atoms with Crippen molar-refractivity contribution in [3.63, 3.8) is 0 Å². The second-order valence-corrected chi connectivity index (χ2v) is 5.07. The van der Waals surface area contributed by atoms with Gasteiger partial charge in [0.2, 0.25) is 0 Å². The summed E-state index contributed by atoms with van der Waals surface area (Å²) in [5.74, 6) is 1.53. The number of hydrogen-bond acceptors (Lipinski definition) is 4. The number of carbonyl (C=O) groups excluding carboxylic acids is 1. The number of ketones is 1. The molecule has 1 aromatic rings. The highest BCUT2D eigenvalue weighted by Gasteiger charge is 2.10. The smallest absolute Gasteiger partial charge is 0.140 e. The quantitative estimate of drug-likeness (QED) is 0.677. The van der Waals surface area contributed by atoms with Crippen LogP contribution in [-0.2, 0) is 17.8 Å². The maximum Gasteiger partial charge on any atom is 0.140 e. The third kappa shape index (κ3) is 5.40. The molecule has 0 aliphatic carbocycles. The predicted octanol–water partition coefficient (Wildman–Crippen LogP) is 1.56. The summed E-state index contributed by atoms with van der Waals surface area (Å²) in [5, 5.41) is 4.16. The maximum atomic E-state index is 11.8. The zero-order valence-corrected chi connectivity index (χ0v) is 11.4. The van der Waals surface area contributed by atoms with Crippen LogP contribution in [0.2, 0.25) is 0 Å². The van der Waals surface area contributed by atoms with Gasteiger partial charge in [0.15, 0.2) is 0 Å². The Hall–Kier alpha value is -1.23. The van der Waals surface area contributed by atoms with Gasteiger partial charge in [0.05, 0.1) is 6.42 Å². The predicted molar refractivity (Wildman–Crippen MR) is 71.1 cm³/mol. The van der Waals surface area contributed by atoms with Gasteiger partial charge in [0.25, 0.3) is 0 Å². The molecular formula is C13H24N4O. The van der Waals surface area contributed by atoms with Gasteiger partial charge in [0.1, 0.15) is 17.9 Å². The third-order valence-corrected chi connectivity index (χ3v) is 2.75. The van der Waals surface area contributed by atoms with E-state index in [2.05, 4.69) is 23.9 Å². The lowest BCUT2D eigenvalue weighted by Gasteiger charge is -2.07. The Kier molecular flexibility index (Phi) is 6.57. The van der Waals surface area contributed by atoms with Crippen molar-refractivity contribution in [3.8, 4) is 0 Å². The Morgan fingerprint density at radius 1 is 1.39 bits per heavy atom. The van der Waals surface area contributed by atoms with Crippen LogP contribution >= 0.6 is 0 Å². The summed E-state index contributed by atoms with van der Waals surface area (Å²) in [6.07, 6.45) is 5.50. The highest BCUT2D eigenvalue weighted by Crippen LogP contribution is 2.06. The van der Waals surface area contributed by atoms with Crippen molar-refractivity contribution in [2.24, 2.45) is 11.7 Å². The van der Waals surface area contributed by atoms with E-state index >= 15 is 0 Å². The van der Waals surface area contributed by atoms with Crippen LogP contribution in [0.25, 0.3) is 0 Å². The van der Waals surface area contributed by atoms with Crippen LogP contribution in [-0.4, -0.2) is 27.1 Å². The molecular weight excluding hydrogens is 228 g/mol. The molecule has 0 saturated heterocycles. The highest BCUT2D eigenvalue weighted by molar-refractivity contribution is 5.80. The van der Waals surface area contributed by atoms with Gasteiger partial charge >= 0.3 is 0 Å². The Balaban J connectivity index is 2.37. The van der Waals surface area contributed by atoms with E-state index in [1.54, 1.807) is 0 Å². The normalized spacial score (nSPS) is 11.1. The number of carbonyl (C=O) groups is 1. The van der Waals surface area contributed by atoms with E-state index in [9.17, 15) is 4.79 Å². The first kappa shape index (κ1) is 14.8. The molecule has 0 radical (unpaired) electrons. The average molecular weight is 252 g/mol. The van der Waals surface area contributed by atoms with Crippen LogP contribution in [0.15, 0.2) is 6.33 Å². The SMILES string of the molecule is CC(C)Cn1ncnc1CC(=O)CCCCCN. The van der Waals surface area contributed by atoms with Crippen molar-refractivity contribution in [2.75, 3.05) is 6.54 Å². The van der Waals surface area contributed by atoms with Crippen LogP contribution in [0.3, 0.4) is 0 Å². The van der Waals surface area contributed by atoms with Crippen LogP contribution in [0, 0.1) is 5.92 Å².